The fourth-order valence-corrected chi connectivity index (χ4v) is 4.68. The average molecular weight is 297 g/mol. The molecule has 19 heavy (non-hydrogen) atoms. The van der Waals surface area contributed by atoms with E-state index in [4.69, 9.17) is 11.6 Å². The first-order chi connectivity index (χ1) is 8.97. The summed E-state index contributed by atoms with van der Waals surface area (Å²) < 4.78 is 37.5. The molecule has 1 aliphatic rings. The topological polar surface area (TPSA) is 34.1 Å². The standard InChI is InChI=1S/C14H10ClFO2S/c15-11-4-1-10-8-19(17,18)14(13(10)7-11)9-2-5-12(16)6-3-9/h1-7,14H,8H2. The molecule has 0 saturated heterocycles. The van der Waals surface area contributed by atoms with Gasteiger partial charge in [-0.2, -0.15) is 0 Å². The lowest BCUT2D eigenvalue weighted by Crippen LogP contribution is -2.08. The van der Waals surface area contributed by atoms with Crippen LogP contribution in [-0.2, 0) is 15.6 Å². The summed E-state index contributed by atoms with van der Waals surface area (Å²) in [6.07, 6.45) is 0. The number of rotatable bonds is 1. The van der Waals surface area contributed by atoms with E-state index in [2.05, 4.69) is 0 Å². The molecular weight excluding hydrogens is 287 g/mol. The van der Waals surface area contributed by atoms with Crippen LogP contribution < -0.4 is 0 Å². The quantitative estimate of drug-likeness (QED) is 0.807. The molecule has 1 aliphatic heterocycles. The van der Waals surface area contributed by atoms with Crippen LogP contribution in [0.2, 0.25) is 5.02 Å². The van der Waals surface area contributed by atoms with Gasteiger partial charge in [0.2, 0.25) is 0 Å². The summed E-state index contributed by atoms with van der Waals surface area (Å²) in [4.78, 5) is 0. The second-order valence-corrected chi connectivity index (χ2v) is 7.10. The first kappa shape index (κ1) is 12.6. The Kier molecular flexibility index (Phi) is 2.87. The van der Waals surface area contributed by atoms with Gasteiger partial charge in [-0.05, 0) is 41.0 Å². The molecule has 2 aromatic rings. The molecule has 98 valence electrons. The smallest absolute Gasteiger partial charge is 0.165 e. The third-order valence-corrected chi connectivity index (χ3v) is 5.47. The molecule has 0 spiro atoms. The van der Waals surface area contributed by atoms with Gasteiger partial charge >= 0.3 is 0 Å². The van der Waals surface area contributed by atoms with Gasteiger partial charge in [0.25, 0.3) is 0 Å². The number of sulfone groups is 1. The van der Waals surface area contributed by atoms with Crippen LogP contribution in [0, 0.1) is 5.82 Å². The third kappa shape index (κ3) is 2.15. The zero-order valence-electron chi connectivity index (χ0n) is 9.81. The van der Waals surface area contributed by atoms with Crippen LogP contribution in [0.5, 0.6) is 0 Å². The van der Waals surface area contributed by atoms with E-state index >= 15 is 0 Å². The lowest BCUT2D eigenvalue weighted by atomic mass is 10.0. The SMILES string of the molecule is O=S1(=O)Cc2ccc(Cl)cc2C1c1ccc(F)cc1. The maximum atomic E-state index is 13.0. The number of fused-ring (bicyclic) bond motifs is 1. The number of hydrogen-bond acceptors (Lipinski definition) is 2. The summed E-state index contributed by atoms with van der Waals surface area (Å²) in [5.74, 6) is -0.382. The van der Waals surface area contributed by atoms with Gasteiger partial charge in [-0.15, -0.1) is 0 Å². The molecule has 2 nitrogen and oxygen atoms in total. The molecule has 0 N–H and O–H groups in total. The summed E-state index contributed by atoms with van der Waals surface area (Å²) in [6.45, 7) is 0. The van der Waals surface area contributed by atoms with Crippen molar-refractivity contribution in [1.29, 1.82) is 0 Å². The Labute approximate surface area is 115 Å². The molecule has 0 aliphatic carbocycles. The van der Waals surface area contributed by atoms with Crippen LogP contribution in [0.25, 0.3) is 0 Å². The van der Waals surface area contributed by atoms with Gasteiger partial charge in [-0.1, -0.05) is 29.8 Å². The van der Waals surface area contributed by atoms with E-state index in [1.807, 2.05) is 0 Å². The summed E-state index contributed by atoms with van der Waals surface area (Å²) in [5.41, 5.74) is 2.03. The Hall–Kier alpha value is -1.39. The summed E-state index contributed by atoms with van der Waals surface area (Å²) in [6, 6.07) is 10.7. The van der Waals surface area contributed by atoms with E-state index in [1.54, 1.807) is 18.2 Å². The van der Waals surface area contributed by atoms with Crippen molar-refractivity contribution < 1.29 is 12.8 Å². The normalized spacial score (nSPS) is 20.2. The molecule has 0 aromatic heterocycles. The Balaban J connectivity index is 2.20. The predicted molar refractivity (Wildman–Crippen MR) is 72.3 cm³/mol. The van der Waals surface area contributed by atoms with Crippen LogP contribution in [0.1, 0.15) is 21.9 Å². The molecule has 1 atom stereocenters. The lowest BCUT2D eigenvalue weighted by molar-refractivity contribution is 0.592. The van der Waals surface area contributed by atoms with E-state index in [1.165, 1.54) is 24.3 Å². The Morgan fingerprint density at radius 2 is 1.79 bits per heavy atom. The van der Waals surface area contributed by atoms with Crippen LogP contribution >= 0.6 is 11.6 Å². The highest BCUT2D eigenvalue weighted by Gasteiger charge is 2.37. The summed E-state index contributed by atoms with van der Waals surface area (Å²) in [5, 5.41) is -0.246. The molecule has 0 fully saturated rings. The van der Waals surface area contributed by atoms with Crippen molar-refractivity contribution in [1.82, 2.24) is 0 Å². The van der Waals surface area contributed by atoms with Crippen LogP contribution in [-0.4, -0.2) is 8.42 Å². The van der Waals surface area contributed by atoms with Crippen molar-refractivity contribution in [3.8, 4) is 0 Å². The van der Waals surface area contributed by atoms with Crippen molar-refractivity contribution >= 4 is 21.4 Å². The second-order valence-electron chi connectivity index (χ2n) is 4.58. The lowest BCUT2D eigenvalue weighted by Gasteiger charge is -2.11. The van der Waals surface area contributed by atoms with Gasteiger partial charge in [0.15, 0.2) is 9.84 Å². The Morgan fingerprint density at radius 3 is 2.47 bits per heavy atom. The second kappa shape index (κ2) is 4.32. The van der Waals surface area contributed by atoms with E-state index in [0.717, 1.165) is 5.56 Å². The van der Waals surface area contributed by atoms with Gasteiger partial charge in [0, 0.05) is 5.02 Å². The monoisotopic (exact) mass is 296 g/mol. The molecule has 0 radical (unpaired) electrons. The zero-order chi connectivity index (χ0) is 13.6. The molecule has 3 rings (SSSR count). The van der Waals surface area contributed by atoms with Gasteiger partial charge in [0.1, 0.15) is 11.1 Å². The first-order valence-corrected chi connectivity index (χ1v) is 7.82. The number of benzene rings is 2. The zero-order valence-corrected chi connectivity index (χ0v) is 11.4. The van der Waals surface area contributed by atoms with Crippen LogP contribution in [0.4, 0.5) is 4.39 Å². The average Bonchev–Trinajstić information content (AvgIpc) is 2.60. The van der Waals surface area contributed by atoms with E-state index in [-0.39, 0.29) is 11.6 Å². The molecule has 1 unspecified atom stereocenters. The number of halogens is 2. The summed E-state index contributed by atoms with van der Waals surface area (Å²) >= 11 is 5.94. The fraction of sp³-hybridized carbons (Fsp3) is 0.143. The van der Waals surface area contributed by atoms with Crippen molar-refractivity contribution in [2.75, 3.05) is 0 Å². The minimum atomic E-state index is -3.31. The van der Waals surface area contributed by atoms with Crippen molar-refractivity contribution in [2.45, 2.75) is 11.0 Å². The van der Waals surface area contributed by atoms with E-state index in [0.29, 0.717) is 16.1 Å². The van der Waals surface area contributed by atoms with Crippen LogP contribution in [0.3, 0.4) is 0 Å². The first-order valence-electron chi connectivity index (χ1n) is 5.73. The molecule has 0 amide bonds. The molecule has 2 aromatic carbocycles. The van der Waals surface area contributed by atoms with Crippen molar-refractivity contribution in [3.63, 3.8) is 0 Å². The molecule has 0 saturated carbocycles. The maximum Gasteiger partial charge on any atom is 0.165 e. The van der Waals surface area contributed by atoms with Crippen molar-refractivity contribution in [3.05, 3.63) is 70.0 Å². The van der Waals surface area contributed by atoms with Gasteiger partial charge in [-0.25, -0.2) is 12.8 Å². The highest BCUT2D eigenvalue weighted by molar-refractivity contribution is 7.91. The maximum absolute atomic E-state index is 13.0. The van der Waals surface area contributed by atoms with Gasteiger partial charge < -0.3 is 0 Å². The molecule has 0 bridgehead atoms. The predicted octanol–water partition coefficient (Wildman–Crippen LogP) is 3.50. The molecule has 5 heteroatoms. The minimum Gasteiger partial charge on any atom is -0.228 e. The highest BCUT2D eigenvalue weighted by Crippen LogP contribution is 2.41. The van der Waals surface area contributed by atoms with Gasteiger partial charge in [-0.3, -0.25) is 0 Å². The summed E-state index contributed by atoms with van der Waals surface area (Å²) in [7, 11) is -3.31. The third-order valence-electron chi connectivity index (χ3n) is 3.28. The van der Waals surface area contributed by atoms with Crippen LogP contribution in [0.15, 0.2) is 42.5 Å². The Bertz CT molecular complexity index is 739. The molecular formula is C14H10ClFO2S. The highest BCUT2D eigenvalue weighted by atomic mass is 35.5. The van der Waals surface area contributed by atoms with Gasteiger partial charge in [0.05, 0.1) is 5.75 Å². The minimum absolute atomic E-state index is 0.00153. The van der Waals surface area contributed by atoms with Crippen molar-refractivity contribution in [2.24, 2.45) is 0 Å². The largest absolute Gasteiger partial charge is 0.228 e. The number of hydrogen-bond donors (Lipinski definition) is 0. The Morgan fingerprint density at radius 1 is 1.11 bits per heavy atom. The van der Waals surface area contributed by atoms with E-state index in [9.17, 15) is 12.8 Å². The molecule has 1 heterocycles. The van der Waals surface area contributed by atoms with E-state index < -0.39 is 15.1 Å². The fourth-order valence-electron chi connectivity index (χ4n) is 2.46.